The number of fused-ring (bicyclic) bond motifs is 1. The van der Waals surface area contributed by atoms with Crippen LogP contribution in [0.2, 0.25) is 5.02 Å². The molecule has 1 unspecified atom stereocenters. The first-order chi connectivity index (χ1) is 18.0. The number of anilines is 1. The monoisotopic (exact) mass is 555 g/mol. The molecule has 13 heteroatoms. The number of likely N-dealkylation sites (N-methyl/N-ethyl adjacent to an activating group) is 1. The Balaban J connectivity index is 1.62. The number of ether oxygens (including phenoxy) is 1. The van der Waals surface area contributed by atoms with E-state index < -0.39 is 42.3 Å². The van der Waals surface area contributed by atoms with Crippen molar-refractivity contribution in [3.05, 3.63) is 70.9 Å². The van der Waals surface area contributed by atoms with E-state index in [1.165, 1.54) is 60.6 Å². The molecule has 4 N–H and O–H groups in total. The molecule has 1 aromatic heterocycles. The number of urea groups is 1. The van der Waals surface area contributed by atoms with E-state index in [9.17, 15) is 27.2 Å². The predicted octanol–water partition coefficient (Wildman–Crippen LogP) is 5.30. The fraction of sp³-hybridized carbons (Fsp3) is 0.320. The smallest absolute Gasteiger partial charge is 0.412 e. The first kappa shape index (κ1) is 28.9. The number of halogens is 5. The molecule has 204 valence electrons. The summed E-state index contributed by atoms with van der Waals surface area (Å²) < 4.78 is 58.2. The summed E-state index contributed by atoms with van der Waals surface area (Å²) in [5.74, 6) is -0.999. The maximum atomic E-state index is 13.7. The highest BCUT2D eigenvalue weighted by atomic mass is 35.5. The third-order valence-corrected chi connectivity index (χ3v) is 6.23. The van der Waals surface area contributed by atoms with Gasteiger partial charge < -0.3 is 20.7 Å². The van der Waals surface area contributed by atoms with Gasteiger partial charge in [-0.15, -0.1) is 0 Å². The van der Waals surface area contributed by atoms with Crippen LogP contribution in [0.15, 0.2) is 48.7 Å². The van der Waals surface area contributed by atoms with E-state index in [-0.39, 0.29) is 36.8 Å². The highest BCUT2D eigenvalue weighted by Gasteiger charge is 2.25. The van der Waals surface area contributed by atoms with Gasteiger partial charge in [0.1, 0.15) is 24.1 Å². The molecule has 3 rings (SSSR count). The molecule has 0 bridgehead atoms. The van der Waals surface area contributed by atoms with Gasteiger partial charge in [-0.1, -0.05) is 23.7 Å². The summed E-state index contributed by atoms with van der Waals surface area (Å²) in [5.41, 5.74) is 5.78. The fourth-order valence-electron chi connectivity index (χ4n) is 3.54. The summed E-state index contributed by atoms with van der Waals surface area (Å²) in [6, 6.07) is 6.81. The highest BCUT2D eigenvalue weighted by molar-refractivity contribution is 6.31. The normalized spacial score (nSPS) is 12.7. The Labute approximate surface area is 221 Å². The molecular formula is C25H26ClF4N5O3. The molecule has 8 nitrogen and oxygen atoms in total. The zero-order valence-corrected chi connectivity index (χ0v) is 21.0. The van der Waals surface area contributed by atoms with Crippen LogP contribution in [0.5, 0.6) is 0 Å². The quantitative estimate of drug-likeness (QED) is 0.294. The second-order valence-electron chi connectivity index (χ2n) is 8.50. The van der Waals surface area contributed by atoms with Gasteiger partial charge in [0.15, 0.2) is 0 Å². The summed E-state index contributed by atoms with van der Waals surface area (Å²) in [5, 5.41) is 6.00. The zero-order valence-electron chi connectivity index (χ0n) is 20.3. The number of rotatable bonds is 10. The number of nitrogens with two attached hydrogens (primary N) is 1. The van der Waals surface area contributed by atoms with Crippen molar-refractivity contribution in [1.82, 2.24) is 15.2 Å². The lowest BCUT2D eigenvalue weighted by molar-refractivity contribution is 0.0920. The Kier molecular flexibility index (Phi) is 10.1. The van der Waals surface area contributed by atoms with Crippen LogP contribution < -0.4 is 16.4 Å². The van der Waals surface area contributed by atoms with Crippen LogP contribution in [0.3, 0.4) is 0 Å². The molecule has 0 fully saturated rings. The lowest BCUT2D eigenvalue weighted by Crippen LogP contribution is -2.46. The Morgan fingerprint density at radius 2 is 1.89 bits per heavy atom. The van der Waals surface area contributed by atoms with Gasteiger partial charge in [-0.25, -0.2) is 32.1 Å². The second kappa shape index (κ2) is 13.2. The van der Waals surface area contributed by atoms with Crippen LogP contribution in [0, 0.1) is 11.6 Å². The Morgan fingerprint density at radius 3 is 2.63 bits per heavy atom. The average Bonchev–Trinajstić information content (AvgIpc) is 2.88. The molecule has 0 aliphatic carbocycles. The number of alkyl halides is 2. The molecule has 1 heterocycles. The second-order valence-corrected chi connectivity index (χ2v) is 8.87. The van der Waals surface area contributed by atoms with Crippen LogP contribution >= 0.6 is 11.6 Å². The van der Waals surface area contributed by atoms with E-state index in [1.807, 2.05) is 0 Å². The van der Waals surface area contributed by atoms with Gasteiger partial charge in [0.25, 0.3) is 6.43 Å². The van der Waals surface area contributed by atoms with Gasteiger partial charge in [0.2, 0.25) is 0 Å². The lowest BCUT2D eigenvalue weighted by atomic mass is 10.1. The molecule has 0 spiro atoms. The minimum Gasteiger partial charge on any atom is -0.447 e. The third kappa shape index (κ3) is 7.93. The van der Waals surface area contributed by atoms with Crippen molar-refractivity contribution in [1.29, 1.82) is 0 Å². The molecule has 0 radical (unpaired) electrons. The molecule has 2 aromatic carbocycles. The van der Waals surface area contributed by atoms with Gasteiger partial charge in [-0.3, -0.25) is 5.32 Å². The van der Waals surface area contributed by atoms with Gasteiger partial charge in [-0.2, -0.15) is 0 Å². The average molecular weight is 556 g/mol. The first-order valence-electron chi connectivity index (χ1n) is 11.5. The maximum Gasteiger partial charge on any atom is 0.412 e. The summed E-state index contributed by atoms with van der Waals surface area (Å²) in [7, 11) is 1.39. The van der Waals surface area contributed by atoms with Crippen molar-refractivity contribution in [2.24, 2.45) is 5.73 Å². The topological polar surface area (TPSA) is 110 Å². The van der Waals surface area contributed by atoms with E-state index in [4.69, 9.17) is 22.1 Å². The minimum atomic E-state index is -2.77. The van der Waals surface area contributed by atoms with Gasteiger partial charge >= 0.3 is 12.1 Å². The van der Waals surface area contributed by atoms with Crippen molar-refractivity contribution >= 4 is 40.3 Å². The van der Waals surface area contributed by atoms with Crippen LogP contribution in [-0.2, 0) is 11.3 Å². The van der Waals surface area contributed by atoms with Crippen molar-refractivity contribution in [3.63, 3.8) is 0 Å². The number of hydrogen-bond acceptors (Lipinski definition) is 5. The standard InChI is InChI=1S/C25H26ClF4N5O3/c1-35(24(36)33-12-15-3-2-4-19(28)22(15)26)18(7-8-20(31)23(29)30)13-38-25(37)34-21-10-16-9-17(27)6-5-14(16)11-32-21/h2-6,9-11,18,20,23H,7-8,12-13,31H2,1H3,(H,33,36)(H,32,34,37)/t18-,20?/m0/s1. The molecule has 2 atom stereocenters. The van der Waals surface area contributed by atoms with E-state index in [0.29, 0.717) is 16.3 Å². The number of benzene rings is 2. The van der Waals surface area contributed by atoms with Crippen LogP contribution in [0.1, 0.15) is 18.4 Å². The number of carbonyl (C=O) groups excluding carboxylic acids is 2. The number of aromatic nitrogens is 1. The van der Waals surface area contributed by atoms with E-state index in [2.05, 4.69) is 15.6 Å². The van der Waals surface area contributed by atoms with Crippen molar-refractivity contribution < 1.29 is 31.9 Å². The summed E-state index contributed by atoms with van der Waals surface area (Å²) >= 11 is 5.91. The van der Waals surface area contributed by atoms with Crippen LogP contribution in [-0.4, -0.2) is 54.2 Å². The fourth-order valence-corrected chi connectivity index (χ4v) is 3.73. The number of amides is 3. The van der Waals surface area contributed by atoms with E-state index in [1.54, 1.807) is 0 Å². The molecule has 38 heavy (non-hydrogen) atoms. The molecule has 0 aliphatic rings. The number of nitrogens with one attached hydrogen (secondary N) is 2. The third-order valence-electron chi connectivity index (χ3n) is 5.81. The minimum absolute atomic E-state index is 0.00305. The zero-order chi connectivity index (χ0) is 27.8. The highest BCUT2D eigenvalue weighted by Crippen LogP contribution is 2.20. The summed E-state index contributed by atoms with van der Waals surface area (Å²) in [6.07, 6.45) is -2.40. The van der Waals surface area contributed by atoms with E-state index >= 15 is 0 Å². The number of pyridine rings is 1. The molecule has 0 saturated heterocycles. The van der Waals surface area contributed by atoms with Crippen LogP contribution in [0.4, 0.5) is 33.0 Å². The molecular weight excluding hydrogens is 530 g/mol. The van der Waals surface area contributed by atoms with Crippen molar-refractivity contribution in [2.45, 2.75) is 37.9 Å². The molecule has 0 saturated carbocycles. The largest absolute Gasteiger partial charge is 0.447 e. The van der Waals surface area contributed by atoms with Crippen molar-refractivity contribution in [2.75, 3.05) is 19.0 Å². The summed E-state index contributed by atoms with van der Waals surface area (Å²) in [6.45, 7) is -0.451. The molecule has 3 amide bonds. The Morgan fingerprint density at radius 1 is 1.13 bits per heavy atom. The number of hydrogen-bond donors (Lipinski definition) is 3. The SMILES string of the molecule is CN(C(=O)NCc1cccc(F)c1Cl)[C@@H](CCC(N)C(F)F)COC(=O)Nc1cc2cc(F)ccc2cn1. The molecule has 3 aromatic rings. The molecule has 0 aliphatic heterocycles. The van der Waals surface area contributed by atoms with Crippen molar-refractivity contribution in [3.8, 4) is 0 Å². The first-order valence-corrected chi connectivity index (χ1v) is 11.9. The number of nitrogens with zero attached hydrogens (tertiary/aromatic N) is 2. The Hall–Kier alpha value is -3.64. The summed E-state index contributed by atoms with van der Waals surface area (Å²) in [4.78, 5) is 30.3. The van der Waals surface area contributed by atoms with Gasteiger partial charge in [0.05, 0.1) is 17.1 Å². The van der Waals surface area contributed by atoms with Gasteiger partial charge in [0, 0.05) is 25.2 Å². The Bertz CT molecular complexity index is 1280. The van der Waals surface area contributed by atoms with E-state index in [0.717, 1.165) is 0 Å². The van der Waals surface area contributed by atoms with Crippen LogP contribution in [0.25, 0.3) is 10.8 Å². The maximum absolute atomic E-state index is 13.7. The number of carbonyl (C=O) groups is 2. The predicted molar refractivity (Wildman–Crippen MR) is 135 cm³/mol. The van der Waals surface area contributed by atoms with Gasteiger partial charge in [-0.05, 0) is 54.1 Å². The lowest BCUT2D eigenvalue weighted by Gasteiger charge is -2.29.